The molecule has 4 heteroatoms. The highest BCUT2D eigenvalue weighted by Gasteiger charge is 2.28. The highest BCUT2D eigenvalue weighted by molar-refractivity contribution is 9.10. The van der Waals surface area contributed by atoms with Gasteiger partial charge in [-0.25, -0.2) is 4.39 Å². The summed E-state index contributed by atoms with van der Waals surface area (Å²) in [6.07, 6.45) is 0.957. The average Bonchev–Trinajstić information content (AvgIpc) is 2.29. The van der Waals surface area contributed by atoms with Gasteiger partial charge in [-0.3, -0.25) is 0 Å². The van der Waals surface area contributed by atoms with Gasteiger partial charge in [-0.1, -0.05) is 22.0 Å². The minimum atomic E-state index is -0.225. The van der Waals surface area contributed by atoms with Crippen LogP contribution in [-0.2, 0) is 9.47 Å². The molecular formula is C12H14BrFO2. The Kier molecular flexibility index (Phi) is 3.95. The molecule has 0 amide bonds. The predicted octanol–water partition coefficient (Wildman–Crippen LogP) is 3.11. The molecule has 2 atom stereocenters. The smallest absolute Gasteiger partial charge is 0.124 e. The average molecular weight is 289 g/mol. The third-order valence-corrected chi connectivity index (χ3v) is 3.66. The monoisotopic (exact) mass is 288 g/mol. The van der Waals surface area contributed by atoms with Crippen LogP contribution in [0.4, 0.5) is 4.39 Å². The predicted molar refractivity (Wildman–Crippen MR) is 63.1 cm³/mol. The first kappa shape index (κ1) is 12.0. The summed E-state index contributed by atoms with van der Waals surface area (Å²) >= 11 is 3.40. The van der Waals surface area contributed by atoms with Crippen LogP contribution in [0.1, 0.15) is 17.9 Å². The maximum absolute atomic E-state index is 13.0. The molecule has 0 aliphatic carbocycles. The quantitative estimate of drug-likeness (QED) is 0.833. The molecule has 0 spiro atoms. The molecule has 0 N–H and O–H groups in total. The number of benzene rings is 1. The van der Waals surface area contributed by atoms with Crippen molar-refractivity contribution in [3.8, 4) is 0 Å². The molecule has 1 aliphatic heterocycles. The van der Waals surface area contributed by atoms with Crippen molar-refractivity contribution in [3.05, 3.63) is 34.1 Å². The van der Waals surface area contributed by atoms with Crippen LogP contribution < -0.4 is 0 Å². The molecule has 1 saturated heterocycles. The summed E-state index contributed by atoms with van der Waals surface area (Å²) < 4.78 is 24.6. The van der Waals surface area contributed by atoms with Crippen molar-refractivity contribution in [3.63, 3.8) is 0 Å². The Morgan fingerprint density at radius 1 is 1.50 bits per heavy atom. The van der Waals surface area contributed by atoms with Gasteiger partial charge in [0.15, 0.2) is 0 Å². The van der Waals surface area contributed by atoms with E-state index >= 15 is 0 Å². The zero-order valence-electron chi connectivity index (χ0n) is 9.08. The molecule has 0 saturated carbocycles. The lowest BCUT2D eigenvalue weighted by molar-refractivity contribution is -0.0435. The summed E-state index contributed by atoms with van der Waals surface area (Å²) in [6, 6.07) is 4.81. The zero-order chi connectivity index (χ0) is 11.5. The Hall–Kier alpha value is -0.450. The fraction of sp³-hybridized carbons (Fsp3) is 0.500. The maximum Gasteiger partial charge on any atom is 0.124 e. The fourth-order valence-electron chi connectivity index (χ4n) is 2.10. The highest BCUT2D eigenvalue weighted by atomic mass is 79.9. The zero-order valence-corrected chi connectivity index (χ0v) is 10.7. The lowest BCUT2D eigenvalue weighted by atomic mass is 9.89. The molecular weight excluding hydrogens is 275 g/mol. The van der Waals surface area contributed by atoms with Gasteiger partial charge < -0.3 is 9.47 Å². The van der Waals surface area contributed by atoms with Crippen molar-refractivity contribution in [1.29, 1.82) is 0 Å². The van der Waals surface area contributed by atoms with E-state index in [-0.39, 0.29) is 17.8 Å². The third-order valence-electron chi connectivity index (χ3n) is 2.97. The van der Waals surface area contributed by atoms with Crippen LogP contribution in [0.25, 0.3) is 0 Å². The van der Waals surface area contributed by atoms with Crippen LogP contribution in [0.15, 0.2) is 22.7 Å². The van der Waals surface area contributed by atoms with Crippen LogP contribution in [0.2, 0.25) is 0 Å². The van der Waals surface area contributed by atoms with Gasteiger partial charge in [-0.05, 0) is 24.1 Å². The topological polar surface area (TPSA) is 18.5 Å². The summed E-state index contributed by atoms with van der Waals surface area (Å²) in [7, 11) is 1.68. The molecule has 16 heavy (non-hydrogen) atoms. The van der Waals surface area contributed by atoms with E-state index < -0.39 is 0 Å². The molecule has 0 radical (unpaired) electrons. The van der Waals surface area contributed by atoms with Crippen molar-refractivity contribution < 1.29 is 13.9 Å². The summed E-state index contributed by atoms with van der Waals surface area (Å²) in [5.74, 6) is 0.0466. The van der Waals surface area contributed by atoms with Crippen molar-refractivity contribution in [2.45, 2.75) is 18.4 Å². The second-order valence-corrected chi connectivity index (χ2v) is 4.76. The summed E-state index contributed by atoms with van der Waals surface area (Å²) in [5, 5.41) is 0. The largest absolute Gasteiger partial charge is 0.379 e. The maximum atomic E-state index is 13.0. The van der Waals surface area contributed by atoms with Crippen molar-refractivity contribution >= 4 is 15.9 Å². The van der Waals surface area contributed by atoms with E-state index in [9.17, 15) is 4.39 Å². The Morgan fingerprint density at radius 3 is 3.00 bits per heavy atom. The van der Waals surface area contributed by atoms with E-state index in [1.807, 2.05) is 6.07 Å². The molecule has 88 valence electrons. The third kappa shape index (κ3) is 2.44. The number of halogens is 2. The molecule has 2 nitrogen and oxygen atoms in total. The van der Waals surface area contributed by atoms with E-state index in [1.165, 1.54) is 12.1 Å². The van der Waals surface area contributed by atoms with Crippen LogP contribution in [0.5, 0.6) is 0 Å². The van der Waals surface area contributed by atoms with Gasteiger partial charge in [0.1, 0.15) is 5.82 Å². The van der Waals surface area contributed by atoms with Crippen LogP contribution in [-0.4, -0.2) is 26.4 Å². The lowest BCUT2D eigenvalue weighted by Gasteiger charge is -2.31. The van der Waals surface area contributed by atoms with Gasteiger partial charge in [0.05, 0.1) is 12.7 Å². The molecule has 1 aliphatic rings. The van der Waals surface area contributed by atoms with Gasteiger partial charge in [-0.2, -0.15) is 0 Å². The Labute approximate surface area is 103 Å². The second kappa shape index (κ2) is 5.25. The summed E-state index contributed by atoms with van der Waals surface area (Å²) in [4.78, 5) is 0. The number of hydrogen-bond donors (Lipinski definition) is 0. The highest BCUT2D eigenvalue weighted by Crippen LogP contribution is 2.34. The van der Waals surface area contributed by atoms with Crippen molar-refractivity contribution in [1.82, 2.24) is 0 Å². The Bertz CT molecular complexity index is 370. The van der Waals surface area contributed by atoms with E-state index in [0.717, 1.165) is 23.1 Å². The molecule has 1 aromatic carbocycles. The molecule has 1 aromatic rings. The Morgan fingerprint density at radius 2 is 2.31 bits per heavy atom. The van der Waals surface area contributed by atoms with E-state index in [0.29, 0.717) is 6.61 Å². The summed E-state index contributed by atoms with van der Waals surface area (Å²) in [6.45, 7) is 1.33. The fourth-order valence-corrected chi connectivity index (χ4v) is 2.75. The molecule has 1 heterocycles. The second-order valence-electron chi connectivity index (χ2n) is 3.91. The first-order valence-electron chi connectivity index (χ1n) is 5.28. The van der Waals surface area contributed by atoms with Crippen LogP contribution in [0, 0.1) is 5.82 Å². The SMILES string of the molecule is CO[C@@H]1COCC[C@H]1c1ccc(F)cc1Br. The number of ether oxygens (including phenoxy) is 2. The van der Waals surface area contributed by atoms with Gasteiger partial charge in [0.25, 0.3) is 0 Å². The molecule has 0 bridgehead atoms. The van der Waals surface area contributed by atoms with Gasteiger partial charge >= 0.3 is 0 Å². The van der Waals surface area contributed by atoms with Gasteiger partial charge in [0, 0.05) is 24.1 Å². The van der Waals surface area contributed by atoms with Crippen LogP contribution >= 0.6 is 15.9 Å². The van der Waals surface area contributed by atoms with E-state index in [4.69, 9.17) is 9.47 Å². The standard InChI is InChI=1S/C12H14BrFO2/c1-15-12-7-16-5-4-10(12)9-3-2-8(14)6-11(9)13/h2-3,6,10,12H,4-5,7H2,1H3/t10-,12+/m0/s1. The van der Waals surface area contributed by atoms with Gasteiger partial charge in [0.2, 0.25) is 0 Å². The lowest BCUT2D eigenvalue weighted by Crippen LogP contribution is -2.32. The molecule has 1 fully saturated rings. The van der Waals surface area contributed by atoms with Crippen LogP contribution in [0.3, 0.4) is 0 Å². The van der Waals surface area contributed by atoms with E-state index in [2.05, 4.69) is 15.9 Å². The molecule has 2 rings (SSSR count). The molecule has 0 aromatic heterocycles. The number of hydrogen-bond acceptors (Lipinski definition) is 2. The summed E-state index contributed by atoms with van der Waals surface area (Å²) in [5.41, 5.74) is 1.09. The van der Waals surface area contributed by atoms with E-state index in [1.54, 1.807) is 7.11 Å². The Balaban J connectivity index is 2.27. The van der Waals surface area contributed by atoms with Crippen molar-refractivity contribution in [2.75, 3.05) is 20.3 Å². The van der Waals surface area contributed by atoms with Crippen molar-refractivity contribution in [2.24, 2.45) is 0 Å². The molecule has 0 unspecified atom stereocenters. The first-order chi connectivity index (χ1) is 7.72. The van der Waals surface area contributed by atoms with Gasteiger partial charge in [-0.15, -0.1) is 0 Å². The first-order valence-corrected chi connectivity index (χ1v) is 6.07. The normalized spacial score (nSPS) is 25.7. The number of rotatable bonds is 2. The minimum absolute atomic E-state index is 0.0514. The number of methoxy groups -OCH3 is 1. The minimum Gasteiger partial charge on any atom is -0.379 e.